The molecule has 0 spiro atoms. The molecule has 32 heavy (non-hydrogen) atoms. The van der Waals surface area contributed by atoms with Crippen molar-refractivity contribution in [2.45, 2.75) is 31.7 Å². The van der Waals surface area contributed by atoms with E-state index in [9.17, 15) is 14.4 Å². The van der Waals surface area contributed by atoms with Gasteiger partial charge >= 0.3 is 0 Å². The van der Waals surface area contributed by atoms with E-state index in [1.165, 1.54) is 6.07 Å². The first-order chi connectivity index (χ1) is 15.0. The molecule has 1 atom stereocenters. The van der Waals surface area contributed by atoms with E-state index in [1.54, 1.807) is 12.1 Å². The summed E-state index contributed by atoms with van der Waals surface area (Å²) in [5.41, 5.74) is 0.349. The van der Waals surface area contributed by atoms with Gasteiger partial charge in [0, 0.05) is 52.2 Å². The highest BCUT2D eigenvalue weighted by atomic mass is 35.5. The first-order valence-electron chi connectivity index (χ1n) is 11.1. The lowest BCUT2D eigenvalue weighted by atomic mass is 9.95. The predicted octanol–water partition coefficient (Wildman–Crippen LogP) is 0.904. The van der Waals surface area contributed by atoms with Gasteiger partial charge in [0.1, 0.15) is 6.04 Å². The predicted molar refractivity (Wildman–Crippen MR) is 122 cm³/mol. The van der Waals surface area contributed by atoms with Crippen molar-refractivity contribution in [3.05, 3.63) is 29.6 Å². The van der Waals surface area contributed by atoms with Gasteiger partial charge in [-0.25, -0.2) is 4.39 Å². The molecule has 0 aromatic heterocycles. The Bertz CT molecular complexity index is 841. The maximum atomic E-state index is 15.2. The first-order valence-corrected chi connectivity index (χ1v) is 11.1. The summed E-state index contributed by atoms with van der Waals surface area (Å²) in [5.74, 6) is -1.50. The number of piperazine rings is 1. The van der Waals surface area contributed by atoms with Crippen LogP contribution in [0, 0.1) is 11.7 Å². The normalized spacial score (nSPS) is 22.8. The fourth-order valence-corrected chi connectivity index (χ4v) is 4.62. The SMILES string of the molecule is Cl.O=C1CCC(NC(=O)c2cccc(N3CCC(CN4CCNCC4)CC3)c2F)C(=O)N1. The molecule has 3 aliphatic rings. The van der Waals surface area contributed by atoms with Crippen molar-refractivity contribution in [3.63, 3.8) is 0 Å². The van der Waals surface area contributed by atoms with E-state index in [2.05, 4.69) is 20.9 Å². The van der Waals surface area contributed by atoms with Crippen molar-refractivity contribution in [2.75, 3.05) is 50.7 Å². The Hall–Kier alpha value is -2.23. The minimum absolute atomic E-state index is 0. The highest BCUT2D eigenvalue weighted by molar-refractivity contribution is 6.04. The quantitative estimate of drug-likeness (QED) is 0.557. The maximum Gasteiger partial charge on any atom is 0.254 e. The van der Waals surface area contributed by atoms with Crippen LogP contribution < -0.4 is 20.9 Å². The van der Waals surface area contributed by atoms with E-state index in [0.717, 1.165) is 58.7 Å². The Morgan fingerprint density at radius 3 is 2.50 bits per heavy atom. The van der Waals surface area contributed by atoms with Gasteiger partial charge in [0.25, 0.3) is 5.91 Å². The molecule has 3 heterocycles. The van der Waals surface area contributed by atoms with Gasteiger partial charge in [-0.1, -0.05) is 6.07 Å². The third-order valence-corrected chi connectivity index (χ3v) is 6.45. The fraction of sp³-hybridized carbons (Fsp3) is 0.591. The summed E-state index contributed by atoms with van der Waals surface area (Å²) in [7, 11) is 0. The molecular weight excluding hydrogens is 437 g/mol. The molecule has 3 saturated heterocycles. The second-order valence-corrected chi connectivity index (χ2v) is 8.60. The number of carbonyl (C=O) groups is 3. The molecule has 0 aliphatic carbocycles. The number of halogens is 2. The van der Waals surface area contributed by atoms with Gasteiger partial charge in [-0.2, -0.15) is 0 Å². The van der Waals surface area contributed by atoms with Crippen molar-refractivity contribution >= 4 is 35.8 Å². The maximum absolute atomic E-state index is 15.2. The summed E-state index contributed by atoms with van der Waals surface area (Å²) in [6, 6.07) is 3.98. The van der Waals surface area contributed by atoms with Crippen LogP contribution in [0.25, 0.3) is 0 Å². The summed E-state index contributed by atoms with van der Waals surface area (Å²) in [4.78, 5) is 40.3. The summed E-state index contributed by atoms with van der Waals surface area (Å²) in [6.07, 6.45) is 2.37. The lowest BCUT2D eigenvalue weighted by Gasteiger charge is -2.37. The molecule has 3 amide bonds. The van der Waals surface area contributed by atoms with Gasteiger partial charge in [0.15, 0.2) is 5.82 Å². The van der Waals surface area contributed by atoms with E-state index in [1.807, 2.05) is 4.90 Å². The van der Waals surface area contributed by atoms with Crippen LogP contribution in [0.3, 0.4) is 0 Å². The Morgan fingerprint density at radius 1 is 1.09 bits per heavy atom. The van der Waals surface area contributed by atoms with Gasteiger partial charge in [-0.3, -0.25) is 19.7 Å². The van der Waals surface area contributed by atoms with Crippen LogP contribution in [0.4, 0.5) is 10.1 Å². The van der Waals surface area contributed by atoms with Crippen molar-refractivity contribution in [1.82, 2.24) is 20.9 Å². The zero-order valence-electron chi connectivity index (χ0n) is 18.1. The molecule has 1 aromatic carbocycles. The topological polar surface area (TPSA) is 93.8 Å². The van der Waals surface area contributed by atoms with Gasteiger partial charge in [-0.15, -0.1) is 12.4 Å². The van der Waals surface area contributed by atoms with E-state index >= 15 is 4.39 Å². The molecule has 4 rings (SSSR count). The van der Waals surface area contributed by atoms with Crippen LogP contribution in [-0.4, -0.2) is 74.5 Å². The first kappa shape index (κ1) is 24.4. The van der Waals surface area contributed by atoms with Crippen LogP contribution in [0.5, 0.6) is 0 Å². The molecule has 0 saturated carbocycles. The van der Waals surface area contributed by atoms with Gasteiger partial charge in [0.05, 0.1) is 11.3 Å². The number of amides is 3. The third-order valence-electron chi connectivity index (χ3n) is 6.45. The standard InChI is InChI=1S/C22H30FN5O3.ClH/c23-20-16(21(30)25-17-4-5-19(29)26-22(17)31)2-1-3-18(20)28-10-6-15(7-11-28)14-27-12-8-24-9-13-27;/h1-3,15,17,24H,4-14H2,(H,25,30)(H,26,29,31);1H. The van der Waals surface area contributed by atoms with Gasteiger partial charge < -0.3 is 20.4 Å². The highest BCUT2D eigenvalue weighted by Gasteiger charge is 2.30. The van der Waals surface area contributed by atoms with Crippen molar-refractivity contribution in [3.8, 4) is 0 Å². The largest absolute Gasteiger partial charge is 0.369 e. The molecule has 1 unspecified atom stereocenters. The fourth-order valence-electron chi connectivity index (χ4n) is 4.62. The Kier molecular flexibility index (Phi) is 8.44. The van der Waals surface area contributed by atoms with Crippen LogP contribution in [0.1, 0.15) is 36.0 Å². The van der Waals surface area contributed by atoms with Gasteiger partial charge in [0.2, 0.25) is 11.8 Å². The Labute approximate surface area is 193 Å². The van der Waals surface area contributed by atoms with Crippen LogP contribution in [0.2, 0.25) is 0 Å². The molecule has 3 fully saturated rings. The van der Waals surface area contributed by atoms with E-state index in [-0.39, 0.29) is 36.7 Å². The average molecular weight is 468 g/mol. The summed E-state index contributed by atoms with van der Waals surface area (Å²) in [6.45, 7) is 6.85. The highest BCUT2D eigenvalue weighted by Crippen LogP contribution is 2.28. The molecule has 0 radical (unpaired) electrons. The molecule has 0 bridgehead atoms. The van der Waals surface area contributed by atoms with Crippen molar-refractivity contribution < 1.29 is 18.8 Å². The Morgan fingerprint density at radius 2 is 1.81 bits per heavy atom. The summed E-state index contributed by atoms with van der Waals surface area (Å²) < 4.78 is 15.2. The number of hydrogen-bond donors (Lipinski definition) is 3. The molecular formula is C22H31ClFN5O3. The molecule has 1 aromatic rings. The zero-order chi connectivity index (χ0) is 21.8. The number of anilines is 1. The number of nitrogens with zero attached hydrogens (tertiary/aromatic N) is 2. The van der Waals surface area contributed by atoms with Gasteiger partial charge in [-0.05, 0) is 37.3 Å². The number of hydrogen-bond acceptors (Lipinski definition) is 6. The molecule has 3 aliphatic heterocycles. The number of carbonyl (C=O) groups excluding carboxylic acids is 3. The number of imide groups is 1. The Balaban J connectivity index is 0.00000289. The van der Waals surface area contributed by atoms with Crippen LogP contribution in [0.15, 0.2) is 18.2 Å². The van der Waals surface area contributed by atoms with Crippen LogP contribution in [-0.2, 0) is 9.59 Å². The summed E-state index contributed by atoms with van der Waals surface area (Å²) in [5, 5.41) is 8.12. The second kappa shape index (κ2) is 11.1. The average Bonchev–Trinajstić information content (AvgIpc) is 2.77. The van der Waals surface area contributed by atoms with Crippen molar-refractivity contribution in [2.24, 2.45) is 5.92 Å². The number of piperidine rings is 2. The molecule has 3 N–H and O–H groups in total. The minimum Gasteiger partial charge on any atom is -0.369 e. The zero-order valence-corrected chi connectivity index (χ0v) is 18.9. The molecule has 8 nitrogen and oxygen atoms in total. The molecule has 10 heteroatoms. The smallest absolute Gasteiger partial charge is 0.254 e. The van der Waals surface area contributed by atoms with Crippen LogP contribution >= 0.6 is 12.4 Å². The minimum atomic E-state index is -0.825. The lowest BCUT2D eigenvalue weighted by molar-refractivity contribution is -0.134. The third kappa shape index (κ3) is 5.76. The van der Waals surface area contributed by atoms with E-state index in [0.29, 0.717) is 11.6 Å². The lowest BCUT2D eigenvalue weighted by Crippen LogP contribution is -2.52. The van der Waals surface area contributed by atoms with E-state index < -0.39 is 23.7 Å². The van der Waals surface area contributed by atoms with Crippen molar-refractivity contribution in [1.29, 1.82) is 0 Å². The number of rotatable bonds is 5. The number of benzene rings is 1. The second-order valence-electron chi connectivity index (χ2n) is 8.60. The van der Waals surface area contributed by atoms with E-state index in [4.69, 9.17) is 0 Å². The number of nitrogens with one attached hydrogen (secondary N) is 3. The monoisotopic (exact) mass is 467 g/mol. The summed E-state index contributed by atoms with van der Waals surface area (Å²) >= 11 is 0. The molecule has 176 valence electrons.